The summed E-state index contributed by atoms with van der Waals surface area (Å²) in [5.74, 6) is -1.40. The Bertz CT molecular complexity index is 839. The SMILES string of the molecule is NS(=O)(=O)c1ccc(F)c(C(=O)OCCOc2ccc(Cl)cc2)c1. The van der Waals surface area contributed by atoms with E-state index in [2.05, 4.69) is 0 Å². The predicted molar refractivity (Wildman–Crippen MR) is 85.0 cm³/mol. The average molecular weight is 374 g/mol. The molecule has 0 saturated carbocycles. The summed E-state index contributed by atoms with van der Waals surface area (Å²) in [6, 6.07) is 9.17. The van der Waals surface area contributed by atoms with Gasteiger partial charge in [0.25, 0.3) is 0 Å². The first-order valence-corrected chi connectivity index (χ1v) is 8.57. The van der Waals surface area contributed by atoms with E-state index in [-0.39, 0.29) is 18.1 Å². The number of benzene rings is 2. The van der Waals surface area contributed by atoms with E-state index in [9.17, 15) is 17.6 Å². The minimum absolute atomic E-state index is 0.0316. The van der Waals surface area contributed by atoms with Crippen LogP contribution in [0, 0.1) is 5.82 Å². The molecule has 0 aromatic heterocycles. The van der Waals surface area contributed by atoms with Crippen LogP contribution in [-0.2, 0) is 14.8 Å². The van der Waals surface area contributed by atoms with Crippen LogP contribution in [0.25, 0.3) is 0 Å². The molecule has 24 heavy (non-hydrogen) atoms. The normalized spacial score (nSPS) is 11.1. The number of halogens is 2. The van der Waals surface area contributed by atoms with Gasteiger partial charge in [-0.05, 0) is 42.5 Å². The van der Waals surface area contributed by atoms with E-state index in [4.69, 9.17) is 26.2 Å². The second-order valence-electron chi connectivity index (χ2n) is 4.62. The van der Waals surface area contributed by atoms with Gasteiger partial charge in [0.05, 0.1) is 10.5 Å². The zero-order chi connectivity index (χ0) is 17.7. The van der Waals surface area contributed by atoms with Gasteiger partial charge in [-0.1, -0.05) is 11.6 Å². The molecule has 0 aliphatic heterocycles. The molecule has 0 unspecified atom stereocenters. The predicted octanol–water partition coefficient (Wildman–Crippen LogP) is 2.36. The van der Waals surface area contributed by atoms with E-state index in [1.165, 1.54) is 0 Å². The van der Waals surface area contributed by atoms with Crippen molar-refractivity contribution in [2.45, 2.75) is 4.90 Å². The highest BCUT2D eigenvalue weighted by Crippen LogP contribution is 2.16. The summed E-state index contributed by atoms with van der Waals surface area (Å²) < 4.78 is 46.3. The third-order valence-corrected chi connectivity index (χ3v) is 4.05. The minimum atomic E-state index is -4.05. The summed E-state index contributed by atoms with van der Waals surface area (Å²) >= 11 is 5.73. The van der Waals surface area contributed by atoms with Crippen molar-refractivity contribution in [1.82, 2.24) is 0 Å². The van der Waals surface area contributed by atoms with E-state index in [0.717, 1.165) is 18.2 Å². The third kappa shape index (κ3) is 4.92. The largest absolute Gasteiger partial charge is 0.490 e. The van der Waals surface area contributed by atoms with Gasteiger partial charge in [0, 0.05) is 5.02 Å². The molecular formula is C15H13ClFNO5S. The van der Waals surface area contributed by atoms with Gasteiger partial charge in [0.2, 0.25) is 10.0 Å². The summed E-state index contributed by atoms with van der Waals surface area (Å²) in [5.41, 5.74) is -0.520. The minimum Gasteiger partial charge on any atom is -0.490 e. The maximum Gasteiger partial charge on any atom is 0.341 e. The fourth-order valence-corrected chi connectivity index (χ4v) is 2.41. The first-order valence-electron chi connectivity index (χ1n) is 6.65. The lowest BCUT2D eigenvalue weighted by molar-refractivity contribution is 0.0445. The van der Waals surface area contributed by atoms with Crippen molar-refractivity contribution in [2.75, 3.05) is 13.2 Å². The molecule has 9 heteroatoms. The Morgan fingerprint density at radius 2 is 1.79 bits per heavy atom. The number of carbonyl (C=O) groups excluding carboxylic acids is 1. The Balaban J connectivity index is 1.94. The molecule has 0 amide bonds. The van der Waals surface area contributed by atoms with E-state index in [1.807, 2.05) is 0 Å². The smallest absolute Gasteiger partial charge is 0.341 e. The second-order valence-corrected chi connectivity index (χ2v) is 6.62. The topological polar surface area (TPSA) is 95.7 Å². The Morgan fingerprint density at radius 1 is 1.12 bits per heavy atom. The third-order valence-electron chi connectivity index (χ3n) is 2.89. The lowest BCUT2D eigenvalue weighted by atomic mass is 10.2. The van der Waals surface area contributed by atoms with Crippen LogP contribution in [0.2, 0.25) is 5.02 Å². The Morgan fingerprint density at radius 3 is 2.42 bits per heavy atom. The van der Waals surface area contributed by atoms with Crippen molar-refractivity contribution >= 4 is 27.6 Å². The fourth-order valence-electron chi connectivity index (χ4n) is 1.74. The van der Waals surface area contributed by atoms with Crippen LogP contribution in [0.1, 0.15) is 10.4 Å². The standard InChI is InChI=1S/C15H13ClFNO5S/c16-10-1-3-11(4-2-10)22-7-8-23-15(19)13-9-12(24(18,20)21)5-6-14(13)17/h1-6,9H,7-8H2,(H2,18,20,21). The van der Waals surface area contributed by atoms with Crippen molar-refractivity contribution in [2.24, 2.45) is 5.14 Å². The van der Waals surface area contributed by atoms with Crippen LogP contribution < -0.4 is 9.88 Å². The van der Waals surface area contributed by atoms with E-state index >= 15 is 0 Å². The van der Waals surface area contributed by atoms with Crippen molar-refractivity contribution < 1.29 is 27.1 Å². The number of esters is 1. The average Bonchev–Trinajstić information content (AvgIpc) is 2.52. The van der Waals surface area contributed by atoms with Crippen molar-refractivity contribution in [3.8, 4) is 5.75 Å². The first kappa shape index (κ1) is 18.2. The van der Waals surface area contributed by atoms with Gasteiger partial charge in [0.1, 0.15) is 24.8 Å². The molecule has 0 aliphatic carbocycles. The van der Waals surface area contributed by atoms with Crippen molar-refractivity contribution in [3.05, 3.63) is 58.9 Å². The van der Waals surface area contributed by atoms with Crippen LogP contribution in [0.5, 0.6) is 5.75 Å². The van der Waals surface area contributed by atoms with Crippen molar-refractivity contribution in [3.63, 3.8) is 0 Å². The first-order chi connectivity index (χ1) is 11.3. The van der Waals surface area contributed by atoms with E-state index in [1.54, 1.807) is 24.3 Å². The molecule has 2 aromatic carbocycles. The van der Waals surface area contributed by atoms with Crippen LogP contribution >= 0.6 is 11.6 Å². The Hall–Kier alpha value is -2.16. The molecule has 128 valence electrons. The van der Waals surface area contributed by atoms with Gasteiger partial charge >= 0.3 is 5.97 Å². The summed E-state index contributed by atoms with van der Waals surface area (Å²) in [4.78, 5) is 11.4. The molecule has 0 radical (unpaired) electrons. The lowest BCUT2D eigenvalue weighted by Crippen LogP contribution is -2.16. The molecular weight excluding hydrogens is 361 g/mol. The number of hydrogen-bond donors (Lipinski definition) is 1. The molecule has 0 heterocycles. The number of rotatable bonds is 6. The van der Waals surface area contributed by atoms with E-state index in [0.29, 0.717) is 10.8 Å². The molecule has 0 bridgehead atoms. The number of hydrogen-bond acceptors (Lipinski definition) is 5. The van der Waals surface area contributed by atoms with Gasteiger partial charge in [-0.25, -0.2) is 22.7 Å². The molecule has 2 rings (SSSR count). The van der Waals surface area contributed by atoms with Crippen LogP contribution in [0.4, 0.5) is 4.39 Å². The highest BCUT2D eigenvalue weighted by atomic mass is 35.5. The summed E-state index contributed by atoms with van der Waals surface area (Å²) in [6.07, 6.45) is 0. The molecule has 0 atom stereocenters. The van der Waals surface area contributed by atoms with Gasteiger partial charge in [-0.3, -0.25) is 0 Å². The van der Waals surface area contributed by atoms with Gasteiger partial charge in [0.15, 0.2) is 0 Å². The van der Waals surface area contributed by atoms with Gasteiger partial charge in [-0.2, -0.15) is 0 Å². The molecule has 0 aliphatic rings. The lowest BCUT2D eigenvalue weighted by Gasteiger charge is -2.08. The molecule has 0 spiro atoms. The monoisotopic (exact) mass is 373 g/mol. The van der Waals surface area contributed by atoms with Crippen LogP contribution in [-0.4, -0.2) is 27.6 Å². The summed E-state index contributed by atoms with van der Waals surface area (Å²) in [6.45, 7) is -0.121. The zero-order valence-electron chi connectivity index (χ0n) is 12.2. The van der Waals surface area contributed by atoms with Crippen molar-refractivity contribution in [1.29, 1.82) is 0 Å². The number of carbonyl (C=O) groups is 1. The highest BCUT2D eigenvalue weighted by Gasteiger charge is 2.17. The Labute approximate surface area is 143 Å². The molecule has 2 N–H and O–H groups in total. The molecule has 2 aromatic rings. The van der Waals surface area contributed by atoms with Crippen LogP contribution in [0.15, 0.2) is 47.4 Å². The molecule has 0 saturated heterocycles. The zero-order valence-corrected chi connectivity index (χ0v) is 13.8. The second kappa shape index (κ2) is 7.61. The summed E-state index contributed by atoms with van der Waals surface area (Å²) in [7, 11) is -4.05. The molecule has 6 nitrogen and oxygen atoms in total. The Kier molecular flexibility index (Phi) is 5.76. The number of sulfonamides is 1. The number of nitrogens with two attached hydrogens (primary N) is 1. The van der Waals surface area contributed by atoms with Gasteiger partial charge in [-0.15, -0.1) is 0 Å². The van der Waals surface area contributed by atoms with Crippen LogP contribution in [0.3, 0.4) is 0 Å². The maximum atomic E-state index is 13.6. The highest BCUT2D eigenvalue weighted by molar-refractivity contribution is 7.89. The summed E-state index contributed by atoms with van der Waals surface area (Å²) in [5, 5.41) is 5.50. The molecule has 0 fully saturated rings. The van der Waals surface area contributed by atoms with E-state index < -0.39 is 27.4 Å². The number of ether oxygens (including phenoxy) is 2. The van der Waals surface area contributed by atoms with Gasteiger partial charge < -0.3 is 9.47 Å². The fraction of sp³-hybridized carbons (Fsp3) is 0.133. The number of primary sulfonamides is 1. The quantitative estimate of drug-likeness (QED) is 0.619. The maximum absolute atomic E-state index is 13.6.